The van der Waals surface area contributed by atoms with Crippen LogP contribution >= 0.6 is 0 Å². The van der Waals surface area contributed by atoms with Crippen LogP contribution in [0.5, 0.6) is 0 Å². The number of carbonyl (C=O) groups is 1. The number of amidine groups is 1. The molecular formula is C10H8N4O. The number of hydrazone groups is 1. The van der Waals surface area contributed by atoms with Crippen molar-refractivity contribution in [2.45, 2.75) is 6.04 Å². The normalized spacial score (nSPS) is 20.8. The fraction of sp³-hybridized carbons (Fsp3) is 0.100. The van der Waals surface area contributed by atoms with Gasteiger partial charge in [0.15, 0.2) is 5.84 Å². The molecule has 0 saturated heterocycles. The van der Waals surface area contributed by atoms with Crippen LogP contribution in [0.15, 0.2) is 28.3 Å². The molecule has 1 atom stereocenters. The van der Waals surface area contributed by atoms with E-state index in [2.05, 4.69) is 20.8 Å². The van der Waals surface area contributed by atoms with Gasteiger partial charge in [0.05, 0.1) is 17.6 Å². The van der Waals surface area contributed by atoms with Gasteiger partial charge in [-0.05, 0) is 11.6 Å². The minimum atomic E-state index is -0.376. The number of nitrogens with zero attached hydrogens (tertiary/aromatic N) is 2. The third-order valence-corrected chi connectivity index (χ3v) is 2.50. The zero-order valence-electron chi connectivity index (χ0n) is 7.77. The van der Waals surface area contributed by atoms with E-state index in [9.17, 15) is 4.79 Å². The number of aldehydes is 1. The molecule has 0 fully saturated rings. The fourth-order valence-corrected chi connectivity index (χ4v) is 1.81. The lowest BCUT2D eigenvalue weighted by atomic mass is 9.97. The first kappa shape index (κ1) is 8.16. The molecule has 0 bridgehead atoms. The number of aliphatic imine (C=N–C) groups is 1. The summed E-state index contributed by atoms with van der Waals surface area (Å²) >= 11 is 0. The summed E-state index contributed by atoms with van der Waals surface area (Å²) in [4.78, 5) is 15.1. The van der Waals surface area contributed by atoms with Crippen LogP contribution in [0.2, 0.25) is 0 Å². The predicted octanol–water partition coefficient (Wildman–Crippen LogP) is 0.454. The van der Waals surface area contributed by atoms with Gasteiger partial charge in [0.2, 0.25) is 0 Å². The molecule has 2 aliphatic rings. The van der Waals surface area contributed by atoms with Gasteiger partial charge in [0.1, 0.15) is 12.3 Å². The molecule has 0 amide bonds. The molecule has 0 spiro atoms. The summed E-state index contributed by atoms with van der Waals surface area (Å²) in [6.07, 6.45) is 2.43. The van der Waals surface area contributed by atoms with Crippen LogP contribution in [0.25, 0.3) is 0 Å². The van der Waals surface area contributed by atoms with E-state index in [4.69, 9.17) is 0 Å². The average Bonchev–Trinajstić information content (AvgIpc) is 2.30. The van der Waals surface area contributed by atoms with Gasteiger partial charge >= 0.3 is 0 Å². The van der Waals surface area contributed by atoms with Gasteiger partial charge in [0.25, 0.3) is 0 Å². The molecule has 5 heteroatoms. The minimum absolute atomic E-state index is 0.376. The third kappa shape index (κ3) is 1.06. The van der Waals surface area contributed by atoms with E-state index in [1.807, 2.05) is 18.2 Å². The van der Waals surface area contributed by atoms with Crippen LogP contribution in [-0.4, -0.2) is 18.5 Å². The van der Waals surface area contributed by atoms with Crippen LogP contribution in [0.4, 0.5) is 5.69 Å². The maximum absolute atomic E-state index is 10.9. The Labute approximate surface area is 85.9 Å². The number of benzene rings is 1. The van der Waals surface area contributed by atoms with Crippen LogP contribution in [0.1, 0.15) is 17.2 Å². The van der Waals surface area contributed by atoms with E-state index in [-0.39, 0.29) is 6.04 Å². The molecular weight excluding hydrogens is 192 g/mol. The van der Waals surface area contributed by atoms with Crippen molar-refractivity contribution in [1.82, 2.24) is 10.7 Å². The van der Waals surface area contributed by atoms with Crippen molar-refractivity contribution in [2.24, 2.45) is 10.1 Å². The molecule has 3 rings (SSSR count). The Bertz CT molecular complexity index is 492. The fourth-order valence-electron chi connectivity index (χ4n) is 1.81. The summed E-state index contributed by atoms with van der Waals surface area (Å²) in [7, 11) is 0. The molecule has 2 aliphatic heterocycles. The molecule has 1 unspecified atom stereocenters. The summed E-state index contributed by atoms with van der Waals surface area (Å²) in [5, 5.41) is 7.03. The Kier molecular flexibility index (Phi) is 1.58. The lowest BCUT2D eigenvalue weighted by Gasteiger charge is -2.25. The Morgan fingerprint density at radius 3 is 3.20 bits per heavy atom. The molecule has 1 aromatic rings. The second-order valence-corrected chi connectivity index (χ2v) is 3.35. The average molecular weight is 200 g/mol. The molecule has 2 heterocycles. The maximum atomic E-state index is 10.9. The monoisotopic (exact) mass is 200 g/mol. The van der Waals surface area contributed by atoms with Crippen molar-refractivity contribution in [1.29, 1.82) is 0 Å². The highest BCUT2D eigenvalue weighted by atomic mass is 16.1. The van der Waals surface area contributed by atoms with Gasteiger partial charge in [-0.1, -0.05) is 12.1 Å². The van der Waals surface area contributed by atoms with Crippen molar-refractivity contribution in [3.63, 3.8) is 0 Å². The highest BCUT2D eigenvalue weighted by Crippen LogP contribution is 2.30. The maximum Gasteiger partial charge on any atom is 0.160 e. The van der Waals surface area contributed by atoms with E-state index >= 15 is 0 Å². The van der Waals surface area contributed by atoms with E-state index in [1.54, 1.807) is 6.34 Å². The third-order valence-electron chi connectivity index (χ3n) is 2.50. The summed E-state index contributed by atoms with van der Waals surface area (Å²) in [5.41, 5.74) is 5.46. The van der Waals surface area contributed by atoms with Gasteiger partial charge in [-0.25, -0.2) is 4.99 Å². The van der Waals surface area contributed by atoms with Crippen molar-refractivity contribution in [3.05, 3.63) is 29.3 Å². The number of hydrogen-bond donors (Lipinski definition) is 2. The Balaban J connectivity index is 2.29. The molecule has 0 radical (unpaired) electrons. The van der Waals surface area contributed by atoms with Gasteiger partial charge < -0.3 is 10.1 Å². The Morgan fingerprint density at radius 2 is 2.33 bits per heavy atom. The van der Waals surface area contributed by atoms with E-state index < -0.39 is 0 Å². The topological polar surface area (TPSA) is 65.8 Å². The first-order valence-corrected chi connectivity index (χ1v) is 4.61. The van der Waals surface area contributed by atoms with E-state index in [1.165, 1.54) is 0 Å². The Hall–Kier alpha value is -2.17. The minimum Gasteiger partial charge on any atom is -0.329 e. The van der Waals surface area contributed by atoms with Crippen LogP contribution < -0.4 is 10.7 Å². The largest absolute Gasteiger partial charge is 0.329 e. The number of hydrogen-bond acceptors (Lipinski definition) is 5. The summed E-state index contributed by atoms with van der Waals surface area (Å²) in [6, 6.07) is 5.32. The van der Waals surface area contributed by atoms with Gasteiger partial charge in [-0.2, -0.15) is 5.10 Å². The van der Waals surface area contributed by atoms with Crippen LogP contribution in [-0.2, 0) is 4.79 Å². The molecule has 0 saturated carbocycles. The van der Waals surface area contributed by atoms with Gasteiger partial charge in [0, 0.05) is 0 Å². The first-order chi connectivity index (χ1) is 7.40. The van der Waals surface area contributed by atoms with Crippen molar-refractivity contribution >= 4 is 24.1 Å². The van der Waals surface area contributed by atoms with Crippen molar-refractivity contribution in [3.8, 4) is 0 Å². The second-order valence-electron chi connectivity index (χ2n) is 3.35. The van der Waals surface area contributed by atoms with E-state index in [0.29, 0.717) is 5.84 Å². The summed E-state index contributed by atoms with van der Waals surface area (Å²) in [5.74, 6) is 0.716. The molecule has 0 aliphatic carbocycles. The van der Waals surface area contributed by atoms with Gasteiger partial charge in [-0.15, -0.1) is 0 Å². The Morgan fingerprint density at radius 1 is 1.40 bits per heavy atom. The lowest BCUT2D eigenvalue weighted by Crippen LogP contribution is -2.36. The second kappa shape index (κ2) is 2.91. The first-order valence-electron chi connectivity index (χ1n) is 4.61. The lowest BCUT2D eigenvalue weighted by molar-refractivity contribution is -0.109. The zero-order valence-corrected chi connectivity index (χ0v) is 7.77. The standard InChI is InChI=1S/C10H8N4O/c15-4-8-6-2-1-3-7-9(6)10(14-13-8)12-5-11-7/h1-5,8,13H,(H,11,12,14). The van der Waals surface area contributed by atoms with Crippen molar-refractivity contribution < 1.29 is 4.79 Å². The number of carbonyl (C=O) groups excluding carboxylic acids is 1. The molecule has 2 N–H and O–H groups in total. The molecule has 1 aromatic carbocycles. The smallest absolute Gasteiger partial charge is 0.160 e. The zero-order chi connectivity index (χ0) is 10.3. The molecule has 0 aromatic heterocycles. The summed E-state index contributed by atoms with van der Waals surface area (Å²) < 4.78 is 0. The van der Waals surface area contributed by atoms with Crippen LogP contribution in [0.3, 0.4) is 0 Å². The molecule has 5 nitrogen and oxygen atoms in total. The quantitative estimate of drug-likeness (QED) is 0.647. The number of rotatable bonds is 1. The van der Waals surface area contributed by atoms with Crippen LogP contribution in [0, 0.1) is 0 Å². The predicted molar refractivity (Wildman–Crippen MR) is 56.2 cm³/mol. The highest BCUT2D eigenvalue weighted by Gasteiger charge is 2.25. The van der Waals surface area contributed by atoms with Gasteiger partial charge in [-0.3, -0.25) is 5.43 Å². The summed E-state index contributed by atoms with van der Waals surface area (Å²) in [6.45, 7) is 0. The van der Waals surface area contributed by atoms with Crippen molar-refractivity contribution in [2.75, 3.05) is 0 Å². The molecule has 15 heavy (non-hydrogen) atoms. The van der Waals surface area contributed by atoms with E-state index in [0.717, 1.165) is 23.1 Å². The highest BCUT2D eigenvalue weighted by molar-refractivity contribution is 6.12. The molecule has 74 valence electrons. The SMILES string of the molecule is O=CC1NN=C2NC=Nc3cccc1c32. The number of nitrogens with one attached hydrogen (secondary N) is 2.